The molecule has 0 aliphatic heterocycles. The van der Waals surface area contributed by atoms with E-state index in [2.05, 4.69) is 6.07 Å². The summed E-state index contributed by atoms with van der Waals surface area (Å²) in [5, 5.41) is 0.806. The number of carbonyl (C=O) groups is 1. The fourth-order valence-corrected chi connectivity index (χ4v) is 3.30. The molecule has 0 amide bonds. The fourth-order valence-electron chi connectivity index (χ4n) is 2.73. The number of aryl methyl sites for hydroxylation is 2. The SMILES string of the molecule is O=C(c1ccc2c(c1)CCCC2)c1c(Cl)cccc1Cl. The minimum atomic E-state index is -0.103. The summed E-state index contributed by atoms with van der Waals surface area (Å²) < 4.78 is 0. The third-order valence-corrected chi connectivity index (χ3v) is 4.43. The highest BCUT2D eigenvalue weighted by molar-refractivity contribution is 6.41. The molecule has 0 radical (unpaired) electrons. The number of hydrogen-bond acceptors (Lipinski definition) is 1. The fraction of sp³-hybridized carbons (Fsp3) is 0.235. The van der Waals surface area contributed by atoms with Crippen LogP contribution in [0.25, 0.3) is 0 Å². The van der Waals surface area contributed by atoms with Gasteiger partial charge in [-0.3, -0.25) is 4.79 Å². The predicted molar refractivity (Wildman–Crippen MR) is 83.0 cm³/mol. The lowest BCUT2D eigenvalue weighted by Crippen LogP contribution is -2.08. The van der Waals surface area contributed by atoms with E-state index >= 15 is 0 Å². The molecule has 1 aliphatic carbocycles. The molecule has 0 N–H and O–H groups in total. The zero-order chi connectivity index (χ0) is 14.1. The molecule has 0 unspecified atom stereocenters. The molecule has 102 valence electrons. The molecule has 0 heterocycles. The average Bonchev–Trinajstić information content (AvgIpc) is 2.46. The van der Waals surface area contributed by atoms with Crippen molar-refractivity contribution in [3.63, 3.8) is 0 Å². The smallest absolute Gasteiger partial charge is 0.196 e. The van der Waals surface area contributed by atoms with Crippen molar-refractivity contribution in [1.29, 1.82) is 0 Å². The highest BCUT2D eigenvalue weighted by Gasteiger charge is 2.18. The lowest BCUT2D eigenvalue weighted by Gasteiger charge is -2.16. The van der Waals surface area contributed by atoms with Crippen molar-refractivity contribution in [2.24, 2.45) is 0 Å². The van der Waals surface area contributed by atoms with Gasteiger partial charge in [-0.25, -0.2) is 0 Å². The van der Waals surface area contributed by atoms with Gasteiger partial charge in [-0.2, -0.15) is 0 Å². The van der Waals surface area contributed by atoms with E-state index in [-0.39, 0.29) is 5.78 Å². The van der Waals surface area contributed by atoms with Gasteiger partial charge in [0, 0.05) is 5.56 Å². The van der Waals surface area contributed by atoms with Gasteiger partial charge in [0.25, 0.3) is 0 Å². The molecular formula is C17H14Cl2O. The summed E-state index contributed by atoms with van der Waals surface area (Å²) in [7, 11) is 0. The Morgan fingerprint density at radius 3 is 2.25 bits per heavy atom. The average molecular weight is 305 g/mol. The van der Waals surface area contributed by atoms with Crippen LogP contribution in [0.2, 0.25) is 10.0 Å². The maximum Gasteiger partial charge on any atom is 0.196 e. The number of halogens is 2. The van der Waals surface area contributed by atoms with Gasteiger partial charge in [0.2, 0.25) is 0 Å². The van der Waals surface area contributed by atoms with Crippen molar-refractivity contribution in [2.45, 2.75) is 25.7 Å². The Labute approximate surface area is 128 Å². The van der Waals surface area contributed by atoms with E-state index in [9.17, 15) is 4.79 Å². The van der Waals surface area contributed by atoms with E-state index in [0.29, 0.717) is 21.2 Å². The Bertz CT molecular complexity index is 656. The summed E-state index contributed by atoms with van der Waals surface area (Å²) in [6.07, 6.45) is 4.58. The third kappa shape index (κ3) is 2.48. The van der Waals surface area contributed by atoms with Gasteiger partial charge in [-0.05, 0) is 55.0 Å². The number of fused-ring (bicyclic) bond motifs is 1. The Balaban J connectivity index is 2.03. The molecular weight excluding hydrogens is 291 g/mol. The van der Waals surface area contributed by atoms with E-state index in [0.717, 1.165) is 12.8 Å². The number of hydrogen-bond donors (Lipinski definition) is 0. The Morgan fingerprint density at radius 1 is 0.900 bits per heavy atom. The molecule has 0 spiro atoms. The van der Waals surface area contributed by atoms with Gasteiger partial charge in [0.1, 0.15) is 0 Å². The minimum Gasteiger partial charge on any atom is -0.288 e. The molecule has 0 saturated heterocycles. The second kappa shape index (κ2) is 5.59. The summed E-state index contributed by atoms with van der Waals surface area (Å²) in [5.41, 5.74) is 3.70. The van der Waals surface area contributed by atoms with Crippen molar-refractivity contribution in [2.75, 3.05) is 0 Å². The summed E-state index contributed by atoms with van der Waals surface area (Å²) in [6, 6.07) is 11.1. The molecule has 0 fully saturated rings. The van der Waals surface area contributed by atoms with Crippen LogP contribution in [0.5, 0.6) is 0 Å². The van der Waals surface area contributed by atoms with Gasteiger partial charge < -0.3 is 0 Å². The van der Waals surface area contributed by atoms with Crippen LogP contribution in [0.1, 0.15) is 39.9 Å². The van der Waals surface area contributed by atoms with Crippen LogP contribution in [0.4, 0.5) is 0 Å². The molecule has 20 heavy (non-hydrogen) atoms. The Hall–Kier alpha value is -1.31. The first-order valence-electron chi connectivity index (χ1n) is 6.77. The lowest BCUT2D eigenvalue weighted by atomic mass is 9.89. The minimum absolute atomic E-state index is 0.103. The third-order valence-electron chi connectivity index (χ3n) is 3.80. The van der Waals surface area contributed by atoms with Crippen molar-refractivity contribution >= 4 is 29.0 Å². The summed E-state index contributed by atoms with van der Waals surface area (Å²) >= 11 is 12.2. The zero-order valence-corrected chi connectivity index (χ0v) is 12.5. The van der Waals surface area contributed by atoms with E-state index < -0.39 is 0 Å². The topological polar surface area (TPSA) is 17.1 Å². The maximum atomic E-state index is 12.6. The van der Waals surface area contributed by atoms with Crippen LogP contribution in [0.3, 0.4) is 0 Å². The van der Waals surface area contributed by atoms with Crippen molar-refractivity contribution < 1.29 is 4.79 Å². The van der Waals surface area contributed by atoms with Crippen LogP contribution >= 0.6 is 23.2 Å². The van der Waals surface area contributed by atoms with Gasteiger partial charge in [0.15, 0.2) is 5.78 Å². The van der Waals surface area contributed by atoms with E-state index in [1.165, 1.54) is 24.0 Å². The zero-order valence-electron chi connectivity index (χ0n) is 11.0. The molecule has 1 aliphatic rings. The van der Waals surface area contributed by atoms with E-state index in [4.69, 9.17) is 23.2 Å². The highest BCUT2D eigenvalue weighted by Crippen LogP contribution is 2.29. The summed E-state index contributed by atoms with van der Waals surface area (Å²) in [5.74, 6) is -0.103. The number of benzene rings is 2. The van der Waals surface area contributed by atoms with Crippen LogP contribution in [-0.2, 0) is 12.8 Å². The standard InChI is InChI=1S/C17H14Cl2O/c18-14-6-3-7-15(19)16(14)17(20)13-9-8-11-4-1-2-5-12(11)10-13/h3,6-10H,1-2,4-5H2. The molecule has 1 nitrogen and oxygen atoms in total. The Morgan fingerprint density at radius 2 is 1.55 bits per heavy atom. The molecule has 0 bridgehead atoms. The van der Waals surface area contributed by atoms with Gasteiger partial charge in [-0.1, -0.05) is 41.4 Å². The van der Waals surface area contributed by atoms with Gasteiger partial charge in [-0.15, -0.1) is 0 Å². The summed E-state index contributed by atoms with van der Waals surface area (Å²) in [6.45, 7) is 0. The predicted octanol–water partition coefficient (Wildman–Crippen LogP) is 5.10. The maximum absolute atomic E-state index is 12.6. The molecule has 2 aromatic rings. The van der Waals surface area contributed by atoms with Gasteiger partial charge in [0.05, 0.1) is 15.6 Å². The lowest BCUT2D eigenvalue weighted by molar-refractivity contribution is 0.103. The number of rotatable bonds is 2. The molecule has 2 aromatic carbocycles. The molecule has 0 saturated carbocycles. The first-order chi connectivity index (χ1) is 9.66. The van der Waals surface area contributed by atoms with Crippen LogP contribution in [0, 0.1) is 0 Å². The van der Waals surface area contributed by atoms with Crippen molar-refractivity contribution in [3.05, 3.63) is 68.7 Å². The number of carbonyl (C=O) groups excluding carboxylic acids is 1. The van der Waals surface area contributed by atoms with E-state index in [1.807, 2.05) is 12.1 Å². The first-order valence-corrected chi connectivity index (χ1v) is 7.53. The molecule has 3 heteroatoms. The normalized spacial score (nSPS) is 13.9. The van der Waals surface area contributed by atoms with Crippen LogP contribution in [0.15, 0.2) is 36.4 Å². The van der Waals surface area contributed by atoms with Crippen molar-refractivity contribution in [3.8, 4) is 0 Å². The molecule has 0 aromatic heterocycles. The van der Waals surface area contributed by atoms with Crippen LogP contribution in [-0.4, -0.2) is 5.78 Å². The number of ketones is 1. The van der Waals surface area contributed by atoms with Crippen molar-refractivity contribution in [1.82, 2.24) is 0 Å². The second-order valence-corrected chi connectivity index (χ2v) is 5.93. The molecule has 3 rings (SSSR count). The van der Waals surface area contributed by atoms with E-state index in [1.54, 1.807) is 18.2 Å². The highest BCUT2D eigenvalue weighted by atomic mass is 35.5. The van der Waals surface area contributed by atoms with Gasteiger partial charge >= 0.3 is 0 Å². The Kier molecular flexibility index (Phi) is 3.82. The molecule has 0 atom stereocenters. The largest absolute Gasteiger partial charge is 0.288 e. The second-order valence-electron chi connectivity index (χ2n) is 5.12. The quantitative estimate of drug-likeness (QED) is 0.705. The monoisotopic (exact) mass is 304 g/mol. The summed E-state index contributed by atoms with van der Waals surface area (Å²) in [4.78, 5) is 12.6. The van der Waals surface area contributed by atoms with Crippen LogP contribution < -0.4 is 0 Å². The first kappa shape index (κ1) is 13.7.